The van der Waals surface area contributed by atoms with E-state index in [1.54, 1.807) is 24.3 Å². The predicted molar refractivity (Wildman–Crippen MR) is 108 cm³/mol. The second-order valence-electron chi connectivity index (χ2n) is 6.49. The van der Waals surface area contributed by atoms with Crippen LogP contribution in [0.3, 0.4) is 0 Å². The highest BCUT2D eigenvalue weighted by atomic mass is 35.5. The van der Waals surface area contributed by atoms with Gasteiger partial charge in [-0.1, -0.05) is 35.4 Å². The molecule has 5 heteroatoms. The summed E-state index contributed by atoms with van der Waals surface area (Å²) in [7, 11) is 0. The summed E-state index contributed by atoms with van der Waals surface area (Å²) in [6.45, 7) is 3.90. The molecule has 0 saturated carbocycles. The van der Waals surface area contributed by atoms with Gasteiger partial charge in [0.2, 0.25) is 5.89 Å². The maximum atomic E-state index is 12.4. The van der Waals surface area contributed by atoms with Gasteiger partial charge in [-0.2, -0.15) is 0 Å². The first-order chi connectivity index (χ1) is 13.0. The number of hydrogen-bond donors (Lipinski definition) is 1. The van der Waals surface area contributed by atoms with Gasteiger partial charge in [0.1, 0.15) is 5.52 Å². The molecule has 0 aliphatic carbocycles. The highest BCUT2D eigenvalue weighted by Crippen LogP contribution is 2.29. The van der Waals surface area contributed by atoms with E-state index in [2.05, 4.69) is 10.3 Å². The van der Waals surface area contributed by atoms with Crippen LogP contribution in [0.15, 0.2) is 65.1 Å². The zero-order valence-corrected chi connectivity index (χ0v) is 15.7. The number of nitrogens with one attached hydrogen (secondary N) is 1. The molecule has 0 unspecified atom stereocenters. The van der Waals surface area contributed by atoms with Crippen LogP contribution < -0.4 is 5.32 Å². The molecule has 1 N–H and O–H groups in total. The highest BCUT2D eigenvalue weighted by molar-refractivity contribution is 6.31. The molecule has 0 aliphatic heterocycles. The SMILES string of the molecule is Cc1cccc(C(=O)Nc2ccc3oc(-c4ccc(C)c(Cl)c4)nc3c2)c1. The number of amides is 1. The third kappa shape index (κ3) is 3.57. The molecular weight excluding hydrogens is 360 g/mol. The summed E-state index contributed by atoms with van der Waals surface area (Å²) in [4.78, 5) is 17.0. The number of rotatable bonds is 3. The lowest BCUT2D eigenvalue weighted by Gasteiger charge is -2.05. The Hall–Kier alpha value is -3.11. The van der Waals surface area contributed by atoms with Crippen molar-refractivity contribution in [2.24, 2.45) is 0 Å². The van der Waals surface area contributed by atoms with Crippen molar-refractivity contribution in [2.45, 2.75) is 13.8 Å². The van der Waals surface area contributed by atoms with Crippen molar-refractivity contribution < 1.29 is 9.21 Å². The van der Waals surface area contributed by atoms with Crippen molar-refractivity contribution in [3.63, 3.8) is 0 Å². The second kappa shape index (κ2) is 6.89. The van der Waals surface area contributed by atoms with Crippen molar-refractivity contribution in [1.29, 1.82) is 0 Å². The number of carbonyl (C=O) groups excluding carboxylic acids is 1. The number of carbonyl (C=O) groups is 1. The van der Waals surface area contributed by atoms with Gasteiger partial charge in [0.25, 0.3) is 5.91 Å². The van der Waals surface area contributed by atoms with Gasteiger partial charge in [0.05, 0.1) is 0 Å². The largest absolute Gasteiger partial charge is 0.436 e. The molecule has 0 spiro atoms. The number of oxazole rings is 1. The van der Waals surface area contributed by atoms with Gasteiger partial charge >= 0.3 is 0 Å². The van der Waals surface area contributed by atoms with Crippen LogP contribution in [0.1, 0.15) is 21.5 Å². The molecule has 1 amide bonds. The maximum absolute atomic E-state index is 12.4. The normalized spacial score (nSPS) is 10.9. The molecule has 0 fully saturated rings. The molecule has 4 rings (SSSR count). The molecule has 4 nitrogen and oxygen atoms in total. The van der Waals surface area contributed by atoms with Crippen molar-refractivity contribution in [2.75, 3.05) is 5.32 Å². The standard InChI is InChI=1S/C22H17ClN2O2/c1-13-4-3-5-15(10-13)21(26)24-17-8-9-20-19(12-17)25-22(27-20)16-7-6-14(2)18(23)11-16/h3-12H,1-2H3,(H,24,26). The van der Waals surface area contributed by atoms with Gasteiger partial charge in [-0.3, -0.25) is 4.79 Å². The quantitative estimate of drug-likeness (QED) is 0.475. The average molecular weight is 377 g/mol. The number of hydrogen-bond acceptors (Lipinski definition) is 3. The Balaban J connectivity index is 1.62. The van der Waals surface area contributed by atoms with Crippen LogP contribution in [0.4, 0.5) is 5.69 Å². The van der Waals surface area contributed by atoms with Crippen molar-refractivity contribution in [3.8, 4) is 11.5 Å². The highest BCUT2D eigenvalue weighted by Gasteiger charge is 2.12. The molecule has 3 aromatic carbocycles. The van der Waals surface area contributed by atoms with Crippen LogP contribution >= 0.6 is 11.6 Å². The van der Waals surface area contributed by atoms with E-state index in [-0.39, 0.29) is 5.91 Å². The molecule has 0 atom stereocenters. The molecule has 0 radical (unpaired) electrons. The lowest BCUT2D eigenvalue weighted by molar-refractivity contribution is 0.102. The Morgan fingerprint density at radius 3 is 2.67 bits per heavy atom. The summed E-state index contributed by atoms with van der Waals surface area (Å²) in [5.74, 6) is 0.334. The number of aryl methyl sites for hydroxylation is 2. The number of benzene rings is 3. The summed E-state index contributed by atoms with van der Waals surface area (Å²) >= 11 is 6.20. The zero-order chi connectivity index (χ0) is 19.0. The van der Waals surface area contributed by atoms with Gasteiger partial charge in [0.15, 0.2) is 5.58 Å². The lowest BCUT2D eigenvalue weighted by atomic mass is 10.1. The minimum atomic E-state index is -0.160. The van der Waals surface area contributed by atoms with Gasteiger partial charge in [-0.05, 0) is 61.9 Å². The van der Waals surface area contributed by atoms with E-state index in [0.717, 1.165) is 16.7 Å². The summed E-state index contributed by atoms with van der Waals surface area (Å²) in [6.07, 6.45) is 0. The Kier molecular flexibility index (Phi) is 4.42. The summed E-state index contributed by atoms with van der Waals surface area (Å²) < 4.78 is 5.83. The fourth-order valence-electron chi connectivity index (χ4n) is 2.84. The smallest absolute Gasteiger partial charge is 0.255 e. The molecule has 4 aromatic rings. The van der Waals surface area contributed by atoms with Crippen LogP contribution in [0.25, 0.3) is 22.6 Å². The third-order valence-electron chi connectivity index (χ3n) is 4.34. The second-order valence-corrected chi connectivity index (χ2v) is 6.90. The number of nitrogens with zero attached hydrogens (tertiary/aromatic N) is 1. The van der Waals surface area contributed by atoms with Crippen molar-refractivity contribution in [3.05, 3.63) is 82.4 Å². The minimum absolute atomic E-state index is 0.160. The Morgan fingerprint density at radius 2 is 1.89 bits per heavy atom. The van der Waals surface area contributed by atoms with Gasteiger partial charge in [-0.15, -0.1) is 0 Å². The Morgan fingerprint density at radius 1 is 1.04 bits per heavy atom. The first kappa shape index (κ1) is 17.3. The van der Waals surface area contributed by atoms with Crippen LogP contribution in [-0.2, 0) is 0 Å². The molecule has 0 bridgehead atoms. The zero-order valence-electron chi connectivity index (χ0n) is 14.9. The van der Waals surface area contributed by atoms with Crippen LogP contribution in [0, 0.1) is 13.8 Å². The fourth-order valence-corrected chi connectivity index (χ4v) is 3.02. The first-order valence-electron chi connectivity index (χ1n) is 8.55. The molecule has 1 heterocycles. The van der Waals surface area contributed by atoms with E-state index in [9.17, 15) is 4.79 Å². The molecular formula is C22H17ClN2O2. The topological polar surface area (TPSA) is 55.1 Å². The third-order valence-corrected chi connectivity index (χ3v) is 4.75. The Labute approximate surface area is 161 Å². The van der Waals surface area contributed by atoms with Crippen LogP contribution in [0.2, 0.25) is 5.02 Å². The average Bonchev–Trinajstić information content (AvgIpc) is 3.07. The molecule has 0 saturated heterocycles. The van der Waals surface area contributed by atoms with E-state index in [1.165, 1.54) is 0 Å². The summed E-state index contributed by atoms with van der Waals surface area (Å²) in [5, 5.41) is 3.57. The number of fused-ring (bicyclic) bond motifs is 1. The summed E-state index contributed by atoms with van der Waals surface area (Å²) in [6, 6.07) is 18.5. The molecule has 1 aromatic heterocycles. The van der Waals surface area contributed by atoms with Crippen molar-refractivity contribution in [1.82, 2.24) is 4.98 Å². The summed E-state index contributed by atoms with van der Waals surface area (Å²) in [5.41, 5.74) is 5.45. The number of aromatic nitrogens is 1. The minimum Gasteiger partial charge on any atom is -0.436 e. The fraction of sp³-hybridized carbons (Fsp3) is 0.0909. The van der Waals surface area contributed by atoms with Gasteiger partial charge in [0, 0.05) is 21.8 Å². The Bertz CT molecular complexity index is 1160. The maximum Gasteiger partial charge on any atom is 0.255 e. The van der Waals surface area contributed by atoms with Crippen molar-refractivity contribution >= 4 is 34.3 Å². The van der Waals surface area contributed by atoms with Crippen LogP contribution in [0.5, 0.6) is 0 Å². The van der Waals surface area contributed by atoms with E-state index in [0.29, 0.717) is 33.3 Å². The monoisotopic (exact) mass is 376 g/mol. The molecule has 0 aliphatic rings. The van der Waals surface area contributed by atoms with Crippen LogP contribution in [-0.4, -0.2) is 10.9 Å². The predicted octanol–water partition coefficient (Wildman–Crippen LogP) is 6.02. The van der Waals surface area contributed by atoms with Gasteiger partial charge in [-0.25, -0.2) is 4.98 Å². The molecule has 134 valence electrons. The van der Waals surface area contributed by atoms with E-state index in [4.69, 9.17) is 16.0 Å². The number of halogens is 1. The number of anilines is 1. The van der Waals surface area contributed by atoms with E-state index in [1.807, 2.05) is 50.2 Å². The van der Waals surface area contributed by atoms with E-state index < -0.39 is 0 Å². The van der Waals surface area contributed by atoms with E-state index >= 15 is 0 Å². The lowest BCUT2D eigenvalue weighted by Crippen LogP contribution is -2.11. The molecule has 27 heavy (non-hydrogen) atoms. The van der Waals surface area contributed by atoms with Gasteiger partial charge < -0.3 is 9.73 Å². The first-order valence-corrected chi connectivity index (χ1v) is 8.92.